The molecule has 0 unspecified atom stereocenters. The Morgan fingerprint density at radius 3 is 2.85 bits per heavy atom. The first-order chi connectivity index (χ1) is 9.85. The molecule has 3 heteroatoms. The van der Waals surface area contributed by atoms with Gasteiger partial charge < -0.3 is 9.64 Å². The van der Waals surface area contributed by atoms with Crippen molar-refractivity contribution in [1.82, 2.24) is 9.88 Å². The highest BCUT2D eigenvalue weighted by atomic mass is 16.5. The Labute approximate surface area is 120 Å². The van der Waals surface area contributed by atoms with Gasteiger partial charge in [0, 0.05) is 30.9 Å². The fourth-order valence-corrected chi connectivity index (χ4v) is 2.89. The molecule has 1 aromatic heterocycles. The third-order valence-electron chi connectivity index (χ3n) is 3.99. The number of hydrogen-bond acceptors (Lipinski definition) is 3. The number of rotatable bonds is 4. The lowest BCUT2D eigenvalue weighted by Gasteiger charge is -2.31. The average Bonchev–Trinajstić information content (AvgIpc) is 2.49. The zero-order chi connectivity index (χ0) is 13.8. The van der Waals surface area contributed by atoms with Gasteiger partial charge in [-0.05, 0) is 55.5 Å². The standard InChI is InChI=1S/C17H22N2O/c1-2-9-19-10-6-16(7-11-19)20-17-4-3-15-13-18-8-5-14(15)12-17/h3-5,8,12-13,16H,2,6-7,9-11H2,1H3. The molecule has 0 saturated carbocycles. The second-order valence-electron chi connectivity index (χ2n) is 5.54. The van der Waals surface area contributed by atoms with Crippen molar-refractivity contribution in [3.63, 3.8) is 0 Å². The quantitative estimate of drug-likeness (QED) is 0.850. The van der Waals surface area contributed by atoms with E-state index in [1.165, 1.54) is 18.4 Å². The summed E-state index contributed by atoms with van der Waals surface area (Å²) < 4.78 is 6.14. The van der Waals surface area contributed by atoms with Gasteiger partial charge in [-0.1, -0.05) is 6.92 Å². The van der Waals surface area contributed by atoms with Gasteiger partial charge in [-0.15, -0.1) is 0 Å². The molecule has 1 aliphatic heterocycles. The zero-order valence-corrected chi connectivity index (χ0v) is 12.1. The number of ether oxygens (including phenoxy) is 1. The Kier molecular flexibility index (Phi) is 4.16. The van der Waals surface area contributed by atoms with E-state index in [-0.39, 0.29) is 0 Å². The van der Waals surface area contributed by atoms with Gasteiger partial charge in [0.1, 0.15) is 11.9 Å². The SMILES string of the molecule is CCCN1CCC(Oc2ccc3cnccc3c2)CC1. The van der Waals surface area contributed by atoms with E-state index in [4.69, 9.17) is 4.74 Å². The minimum absolute atomic E-state index is 0.363. The summed E-state index contributed by atoms with van der Waals surface area (Å²) in [5, 5.41) is 2.36. The van der Waals surface area contributed by atoms with Crippen LogP contribution in [-0.4, -0.2) is 35.6 Å². The van der Waals surface area contributed by atoms with Crippen molar-refractivity contribution in [3.8, 4) is 5.75 Å². The van der Waals surface area contributed by atoms with Crippen LogP contribution in [0.25, 0.3) is 10.8 Å². The molecular weight excluding hydrogens is 248 g/mol. The molecule has 0 radical (unpaired) electrons. The molecule has 106 valence electrons. The maximum atomic E-state index is 6.14. The zero-order valence-electron chi connectivity index (χ0n) is 12.1. The number of likely N-dealkylation sites (tertiary alicyclic amines) is 1. The van der Waals surface area contributed by atoms with Crippen LogP contribution in [0.5, 0.6) is 5.75 Å². The van der Waals surface area contributed by atoms with Gasteiger partial charge in [-0.25, -0.2) is 0 Å². The largest absolute Gasteiger partial charge is 0.490 e. The van der Waals surface area contributed by atoms with Gasteiger partial charge in [-0.3, -0.25) is 4.98 Å². The van der Waals surface area contributed by atoms with Crippen LogP contribution >= 0.6 is 0 Å². The number of nitrogens with zero attached hydrogens (tertiary/aromatic N) is 2. The Bertz CT molecular complexity index is 562. The van der Waals surface area contributed by atoms with Crippen LogP contribution in [-0.2, 0) is 0 Å². The van der Waals surface area contributed by atoms with Crippen LogP contribution in [0.2, 0.25) is 0 Å². The number of benzene rings is 1. The summed E-state index contributed by atoms with van der Waals surface area (Å²) in [6, 6.07) is 8.30. The topological polar surface area (TPSA) is 25.4 Å². The molecule has 0 N–H and O–H groups in total. The normalized spacial score (nSPS) is 17.4. The van der Waals surface area contributed by atoms with Gasteiger partial charge in [0.05, 0.1) is 0 Å². The predicted molar refractivity (Wildman–Crippen MR) is 82.1 cm³/mol. The van der Waals surface area contributed by atoms with Crippen molar-refractivity contribution in [2.75, 3.05) is 19.6 Å². The molecular formula is C17H22N2O. The highest BCUT2D eigenvalue weighted by Gasteiger charge is 2.19. The highest BCUT2D eigenvalue weighted by molar-refractivity contribution is 5.82. The summed E-state index contributed by atoms with van der Waals surface area (Å²) in [7, 11) is 0. The summed E-state index contributed by atoms with van der Waals surface area (Å²) in [6.45, 7) is 5.79. The van der Waals surface area contributed by atoms with E-state index in [2.05, 4.69) is 35.0 Å². The first-order valence-electron chi connectivity index (χ1n) is 7.58. The molecule has 0 amide bonds. The lowest BCUT2D eigenvalue weighted by atomic mass is 10.1. The monoisotopic (exact) mass is 270 g/mol. The number of aromatic nitrogens is 1. The molecule has 1 aliphatic rings. The minimum atomic E-state index is 0.363. The van der Waals surface area contributed by atoms with Crippen molar-refractivity contribution < 1.29 is 4.74 Å². The number of piperidine rings is 1. The fraction of sp³-hybridized carbons (Fsp3) is 0.471. The van der Waals surface area contributed by atoms with E-state index in [1.54, 1.807) is 0 Å². The number of pyridine rings is 1. The van der Waals surface area contributed by atoms with E-state index < -0.39 is 0 Å². The third-order valence-corrected chi connectivity index (χ3v) is 3.99. The van der Waals surface area contributed by atoms with E-state index in [9.17, 15) is 0 Å². The molecule has 2 aromatic rings. The second-order valence-corrected chi connectivity index (χ2v) is 5.54. The van der Waals surface area contributed by atoms with Gasteiger partial charge >= 0.3 is 0 Å². The third kappa shape index (κ3) is 3.10. The van der Waals surface area contributed by atoms with Crippen LogP contribution < -0.4 is 4.74 Å². The van der Waals surface area contributed by atoms with Crippen LogP contribution in [0, 0.1) is 0 Å². The van der Waals surface area contributed by atoms with E-state index in [1.807, 2.05) is 18.5 Å². The predicted octanol–water partition coefficient (Wildman–Crippen LogP) is 3.49. The Hall–Kier alpha value is -1.61. The van der Waals surface area contributed by atoms with Crippen LogP contribution in [0.1, 0.15) is 26.2 Å². The molecule has 1 fully saturated rings. The smallest absolute Gasteiger partial charge is 0.120 e. The van der Waals surface area contributed by atoms with Crippen molar-refractivity contribution in [1.29, 1.82) is 0 Å². The highest BCUT2D eigenvalue weighted by Crippen LogP contribution is 2.23. The summed E-state index contributed by atoms with van der Waals surface area (Å²) in [4.78, 5) is 6.67. The van der Waals surface area contributed by atoms with Gasteiger partial charge in [0.25, 0.3) is 0 Å². The van der Waals surface area contributed by atoms with Crippen LogP contribution in [0.4, 0.5) is 0 Å². The maximum absolute atomic E-state index is 6.14. The van der Waals surface area contributed by atoms with E-state index >= 15 is 0 Å². The van der Waals surface area contributed by atoms with Crippen molar-refractivity contribution in [3.05, 3.63) is 36.7 Å². The lowest BCUT2D eigenvalue weighted by Crippen LogP contribution is -2.38. The minimum Gasteiger partial charge on any atom is -0.490 e. The molecule has 0 bridgehead atoms. The lowest BCUT2D eigenvalue weighted by molar-refractivity contribution is 0.101. The first-order valence-corrected chi connectivity index (χ1v) is 7.58. The van der Waals surface area contributed by atoms with Gasteiger partial charge in [0.15, 0.2) is 0 Å². The van der Waals surface area contributed by atoms with Crippen LogP contribution in [0.3, 0.4) is 0 Å². The molecule has 0 aliphatic carbocycles. The van der Waals surface area contributed by atoms with Gasteiger partial charge in [-0.2, -0.15) is 0 Å². The molecule has 3 nitrogen and oxygen atoms in total. The molecule has 1 saturated heterocycles. The molecule has 1 aromatic carbocycles. The Morgan fingerprint density at radius 1 is 1.20 bits per heavy atom. The summed E-state index contributed by atoms with van der Waals surface area (Å²) in [5.74, 6) is 0.984. The van der Waals surface area contributed by atoms with Gasteiger partial charge in [0.2, 0.25) is 0 Å². The summed E-state index contributed by atoms with van der Waals surface area (Å²) in [5.41, 5.74) is 0. The van der Waals surface area contributed by atoms with E-state index in [0.29, 0.717) is 6.10 Å². The Balaban J connectivity index is 1.62. The Morgan fingerprint density at radius 2 is 2.05 bits per heavy atom. The van der Waals surface area contributed by atoms with E-state index in [0.717, 1.165) is 37.1 Å². The molecule has 2 heterocycles. The second kappa shape index (κ2) is 6.23. The van der Waals surface area contributed by atoms with Crippen LogP contribution in [0.15, 0.2) is 36.7 Å². The molecule has 20 heavy (non-hydrogen) atoms. The van der Waals surface area contributed by atoms with Crippen molar-refractivity contribution >= 4 is 10.8 Å². The molecule has 0 spiro atoms. The average molecular weight is 270 g/mol. The first kappa shape index (κ1) is 13.4. The van der Waals surface area contributed by atoms with Crippen molar-refractivity contribution in [2.45, 2.75) is 32.3 Å². The number of hydrogen-bond donors (Lipinski definition) is 0. The number of fused-ring (bicyclic) bond motifs is 1. The maximum Gasteiger partial charge on any atom is 0.120 e. The van der Waals surface area contributed by atoms with Crippen molar-refractivity contribution in [2.24, 2.45) is 0 Å². The molecule has 0 atom stereocenters. The molecule has 3 rings (SSSR count). The summed E-state index contributed by atoms with van der Waals surface area (Å²) in [6.07, 6.45) is 7.59. The fourth-order valence-electron chi connectivity index (χ4n) is 2.89. The summed E-state index contributed by atoms with van der Waals surface area (Å²) >= 11 is 0.